The molecule has 0 spiro atoms. The van der Waals surface area contributed by atoms with Crippen LogP contribution >= 0.6 is 0 Å². The number of halogens is 3. The highest BCUT2D eigenvalue weighted by molar-refractivity contribution is 5.23. The van der Waals surface area contributed by atoms with Crippen molar-refractivity contribution >= 4 is 0 Å². The van der Waals surface area contributed by atoms with Crippen molar-refractivity contribution in [2.24, 2.45) is 0 Å². The third-order valence-corrected chi connectivity index (χ3v) is 1.75. The van der Waals surface area contributed by atoms with Crippen LogP contribution in [-0.2, 0) is 12.7 Å². The molecule has 14 heavy (non-hydrogen) atoms. The summed E-state index contributed by atoms with van der Waals surface area (Å²) in [5.41, 5.74) is -2.00. The van der Waals surface area contributed by atoms with Crippen LogP contribution in [0.4, 0.5) is 13.2 Å². The summed E-state index contributed by atoms with van der Waals surface area (Å²) in [5.74, 6) is -0.674. The maximum atomic E-state index is 12.1. The molecule has 1 aromatic rings. The summed E-state index contributed by atoms with van der Waals surface area (Å²) in [4.78, 5) is 11.0. The maximum absolute atomic E-state index is 12.1. The van der Waals surface area contributed by atoms with E-state index < -0.39 is 23.2 Å². The van der Waals surface area contributed by atoms with Gasteiger partial charge in [-0.05, 0) is 6.92 Å². The second-order valence-electron chi connectivity index (χ2n) is 2.68. The van der Waals surface area contributed by atoms with Crippen LogP contribution in [-0.4, -0.2) is 9.67 Å². The number of alkyl halides is 3. The van der Waals surface area contributed by atoms with Gasteiger partial charge in [-0.1, -0.05) is 0 Å². The highest BCUT2D eigenvalue weighted by Crippen LogP contribution is 2.29. The molecule has 0 saturated carbocycles. The van der Waals surface area contributed by atoms with E-state index in [1.165, 1.54) is 0 Å². The highest BCUT2D eigenvalue weighted by Gasteiger charge is 2.31. The molecule has 0 aliphatic heterocycles. The fraction of sp³-hybridized carbons (Fsp3) is 0.375. The molecule has 0 saturated heterocycles. The van der Waals surface area contributed by atoms with E-state index in [0.29, 0.717) is 12.1 Å². The highest BCUT2D eigenvalue weighted by atomic mass is 19.4. The van der Waals surface area contributed by atoms with Crippen LogP contribution < -0.4 is 5.56 Å². The molecule has 0 unspecified atom stereocenters. The average molecular weight is 207 g/mol. The van der Waals surface area contributed by atoms with Crippen LogP contribution in [0, 0.1) is 0 Å². The van der Waals surface area contributed by atoms with E-state index in [0.717, 1.165) is 4.57 Å². The molecule has 0 atom stereocenters. The molecule has 6 heteroatoms. The van der Waals surface area contributed by atoms with E-state index in [1.54, 1.807) is 6.92 Å². The predicted octanol–water partition coefficient (Wildman–Crippen LogP) is 1.59. The Labute approximate surface area is 77.4 Å². The van der Waals surface area contributed by atoms with Gasteiger partial charge in [-0.3, -0.25) is 9.36 Å². The van der Waals surface area contributed by atoms with Crippen molar-refractivity contribution in [2.75, 3.05) is 0 Å². The van der Waals surface area contributed by atoms with Crippen LogP contribution in [0.1, 0.15) is 12.5 Å². The Morgan fingerprint density at radius 2 is 2.00 bits per heavy atom. The van der Waals surface area contributed by atoms with E-state index in [4.69, 9.17) is 5.11 Å². The smallest absolute Gasteiger partial charge is 0.416 e. The first-order valence-electron chi connectivity index (χ1n) is 3.87. The normalized spacial score (nSPS) is 11.7. The quantitative estimate of drug-likeness (QED) is 0.759. The van der Waals surface area contributed by atoms with Crippen molar-refractivity contribution in [3.63, 3.8) is 0 Å². The van der Waals surface area contributed by atoms with Gasteiger partial charge in [0.1, 0.15) is 0 Å². The van der Waals surface area contributed by atoms with E-state index in [-0.39, 0.29) is 6.54 Å². The summed E-state index contributed by atoms with van der Waals surface area (Å²) < 4.78 is 37.2. The Morgan fingerprint density at radius 3 is 2.36 bits per heavy atom. The van der Waals surface area contributed by atoms with E-state index in [1.807, 2.05) is 0 Å². The predicted molar refractivity (Wildman–Crippen MR) is 43.0 cm³/mol. The molecule has 0 aliphatic rings. The summed E-state index contributed by atoms with van der Waals surface area (Å²) in [5, 5.41) is 9.10. The molecule has 1 aromatic heterocycles. The zero-order chi connectivity index (χ0) is 10.9. The third kappa shape index (κ3) is 1.89. The second-order valence-corrected chi connectivity index (χ2v) is 2.68. The van der Waals surface area contributed by atoms with E-state index >= 15 is 0 Å². The van der Waals surface area contributed by atoms with Crippen LogP contribution in [0.5, 0.6) is 5.88 Å². The Bertz CT molecular complexity index is 395. The minimum absolute atomic E-state index is 0.128. The van der Waals surface area contributed by atoms with Gasteiger partial charge in [0.25, 0.3) is 5.56 Å². The lowest BCUT2D eigenvalue weighted by Crippen LogP contribution is -2.21. The maximum Gasteiger partial charge on any atom is 0.416 e. The molecular weight excluding hydrogens is 199 g/mol. The monoisotopic (exact) mass is 207 g/mol. The van der Waals surface area contributed by atoms with Gasteiger partial charge in [0.05, 0.1) is 5.56 Å². The summed E-state index contributed by atoms with van der Waals surface area (Å²) in [6, 6.07) is 0.994. The van der Waals surface area contributed by atoms with Crippen LogP contribution in [0.15, 0.2) is 16.9 Å². The number of hydrogen-bond acceptors (Lipinski definition) is 2. The molecule has 0 aliphatic carbocycles. The zero-order valence-corrected chi connectivity index (χ0v) is 7.30. The molecule has 78 valence electrons. The van der Waals surface area contributed by atoms with Crippen LogP contribution in [0.25, 0.3) is 0 Å². The lowest BCUT2D eigenvalue weighted by molar-refractivity contribution is -0.137. The summed E-state index contributed by atoms with van der Waals surface area (Å²) in [6.45, 7) is 1.68. The molecule has 1 heterocycles. The Kier molecular flexibility index (Phi) is 2.55. The lowest BCUT2D eigenvalue weighted by Gasteiger charge is -2.09. The number of aromatic nitrogens is 1. The van der Waals surface area contributed by atoms with Gasteiger partial charge < -0.3 is 5.11 Å². The molecule has 3 nitrogen and oxygen atoms in total. The summed E-state index contributed by atoms with van der Waals surface area (Å²) >= 11 is 0. The molecule has 0 aromatic carbocycles. The molecular formula is C8H8F3NO2. The molecule has 1 rings (SSSR count). The van der Waals surface area contributed by atoms with E-state index in [9.17, 15) is 18.0 Å². The van der Waals surface area contributed by atoms with Crippen molar-refractivity contribution in [1.82, 2.24) is 4.57 Å². The zero-order valence-electron chi connectivity index (χ0n) is 7.30. The first-order chi connectivity index (χ1) is 6.36. The fourth-order valence-corrected chi connectivity index (χ4v) is 1.06. The van der Waals surface area contributed by atoms with Gasteiger partial charge in [-0.15, -0.1) is 0 Å². The van der Waals surface area contributed by atoms with Crippen LogP contribution in [0.3, 0.4) is 0 Å². The number of nitrogens with zero attached hydrogens (tertiary/aromatic N) is 1. The van der Waals surface area contributed by atoms with Crippen molar-refractivity contribution in [3.8, 4) is 5.88 Å². The Morgan fingerprint density at radius 1 is 1.43 bits per heavy atom. The van der Waals surface area contributed by atoms with Gasteiger partial charge in [0.2, 0.25) is 0 Å². The average Bonchev–Trinajstić information content (AvgIpc) is 2.01. The van der Waals surface area contributed by atoms with Gasteiger partial charge in [0, 0.05) is 18.7 Å². The Balaban J connectivity index is 3.36. The SMILES string of the molecule is CCn1c(O)cc(C(F)(F)F)cc1=O. The molecule has 0 amide bonds. The van der Waals surface area contributed by atoms with Crippen molar-refractivity contribution in [1.29, 1.82) is 0 Å². The van der Waals surface area contributed by atoms with Crippen molar-refractivity contribution in [2.45, 2.75) is 19.6 Å². The topological polar surface area (TPSA) is 42.2 Å². The first kappa shape index (κ1) is 10.6. The molecule has 0 bridgehead atoms. The van der Waals surface area contributed by atoms with Gasteiger partial charge in [-0.25, -0.2) is 0 Å². The molecule has 0 radical (unpaired) electrons. The summed E-state index contributed by atoms with van der Waals surface area (Å²) in [7, 11) is 0. The first-order valence-corrected chi connectivity index (χ1v) is 3.87. The summed E-state index contributed by atoms with van der Waals surface area (Å²) in [6.07, 6.45) is -4.61. The van der Waals surface area contributed by atoms with Crippen molar-refractivity contribution < 1.29 is 18.3 Å². The molecule has 0 fully saturated rings. The van der Waals surface area contributed by atoms with Gasteiger partial charge in [-0.2, -0.15) is 13.2 Å². The minimum Gasteiger partial charge on any atom is -0.494 e. The van der Waals surface area contributed by atoms with Gasteiger partial charge in [0.15, 0.2) is 5.88 Å². The van der Waals surface area contributed by atoms with Gasteiger partial charge >= 0.3 is 6.18 Å². The number of aromatic hydroxyl groups is 1. The minimum atomic E-state index is -4.61. The largest absolute Gasteiger partial charge is 0.494 e. The lowest BCUT2D eigenvalue weighted by atomic mass is 10.2. The fourth-order valence-electron chi connectivity index (χ4n) is 1.06. The van der Waals surface area contributed by atoms with Crippen molar-refractivity contribution in [3.05, 3.63) is 28.0 Å². The van der Waals surface area contributed by atoms with E-state index in [2.05, 4.69) is 0 Å². The van der Waals surface area contributed by atoms with Crippen LogP contribution in [0.2, 0.25) is 0 Å². The standard InChI is InChI=1S/C8H8F3NO2/c1-2-12-6(13)3-5(4-7(12)14)8(9,10)11/h3-4,13H,2H2,1H3. The number of rotatable bonds is 1. The molecule has 1 N–H and O–H groups in total. The second kappa shape index (κ2) is 3.36. The number of hydrogen-bond donors (Lipinski definition) is 1. The number of pyridine rings is 1. The third-order valence-electron chi connectivity index (χ3n) is 1.75. The Hall–Kier alpha value is -1.46.